The van der Waals surface area contributed by atoms with Crippen molar-refractivity contribution >= 4 is 17.5 Å². The minimum Gasteiger partial charge on any atom is -0.399 e. The summed E-state index contributed by atoms with van der Waals surface area (Å²) in [4.78, 5) is 25.4. The number of carbonyl (C=O) groups is 2. The molecule has 5 nitrogen and oxygen atoms in total. The first-order chi connectivity index (χ1) is 9.15. The van der Waals surface area contributed by atoms with Gasteiger partial charge in [-0.3, -0.25) is 14.5 Å². The van der Waals surface area contributed by atoms with Gasteiger partial charge in [0.05, 0.1) is 11.1 Å². The summed E-state index contributed by atoms with van der Waals surface area (Å²) in [5.41, 5.74) is 6.97. The van der Waals surface area contributed by atoms with Crippen LogP contribution in [-0.2, 0) is 0 Å². The molecule has 0 radical (unpaired) electrons. The number of rotatable bonds is 6. The lowest BCUT2D eigenvalue weighted by Crippen LogP contribution is -2.30. The van der Waals surface area contributed by atoms with Crippen LogP contribution in [0.2, 0.25) is 0 Å². The number of amides is 2. The first kappa shape index (κ1) is 13.5. The van der Waals surface area contributed by atoms with Crippen molar-refractivity contribution < 1.29 is 14.7 Å². The molecule has 0 aliphatic carbocycles. The summed E-state index contributed by atoms with van der Waals surface area (Å²) >= 11 is 0. The molecular formula is C14H18N2O3. The van der Waals surface area contributed by atoms with Crippen molar-refractivity contribution in [3.05, 3.63) is 29.3 Å². The number of nitrogens with zero attached hydrogens (tertiary/aromatic N) is 1. The summed E-state index contributed by atoms with van der Waals surface area (Å²) in [6.45, 7) is 0.615. The maximum Gasteiger partial charge on any atom is 0.261 e. The number of aliphatic hydroxyl groups excluding tert-OH is 1. The van der Waals surface area contributed by atoms with E-state index in [1.165, 1.54) is 4.90 Å². The molecule has 19 heavy (non-hydrogen) atoms. The highest BCUT2D eigenvalue weighted by Crippen LogP contribution is 2.25. The smallest absolute Gasteiger partial charge is 0.261 e. The standard InChI is InChI=1S/C14H18N2O3/c15-10-5-6-11-12(9-10)14(19)16(13(11)18)7-3-1-2-4-8-17/h5-6,9,17H,1-4,7-8,15H2. The van der Waals surface area contributed by atoms with Crippen LogP contribution in [0.5, 0.6) is 0 Å². The van der Waals surface area contributed by atoms with Crippen LogP contribution in [0.1, 0.15) is 46.4 Å². The lowest BCUT2D eigenvalue weighted by molar-refractivity contribution is 0.0651. The molecule has 5 heteroatoms. The van der Waals surface area contributed by atoms with Gasteiger partial charge in [-0.05, 0) is 31.0 Å². The number of hydrogen-bond donors (Lipinski definition) is 2. The second kappa shape index (κ2) is 5.84. The molecule has 0 unspecified atom stereocenters. The van der Waals surface area contributed by atoms with Gasteiger partial charge in [0.25, 0.3) is 11.8 Å². The molecule has 0 bridgehead atoms. The Morgan fingerprint density at radius 1 is 1.00 bits per heavy atom. The zero-order chi connectivity index (χ0) is 13.8. The van der Waals surface area contributed by atoms with Gasteiger partial charge in [0, 0.05) is 18.8 Å². The minimum absolute atomic E-state index is 0.187. The van der Waals surface area contributed by atoms with Crippen LogP contribution < -0.4 is 5.73 Å². The molecule has 2 rings (SSSR count). The van der Waals surface area contributed by atoms with E-state index in [0.29, 0.717) is 23.4 Å². The van der Waals surface area contributed by atoms with Crippen molar-refractivity contribution in [1.29, 1.82) is 0 Å². The van der Waals surface area contributed by atoms with Crippen molar-refractivity contribution in [1.82, 2.24) is 4.90 Å². The minimum atomic E-state index is -0.255. The number of anilines is 1. The fourth-order valence-corrected chi connectivity index (χ4v) is 2.25. The van der Waals surface area contributed by atoms with E-state index in [1.807, 2.05) is 0 Å². The van der Waals surface area contributed by atoms with Crippen LogP contribution in [0.4, 0.5) is 5.69 Å². The molecule has 1 heterocycles. The first-order valence-electron chi connectivity index (χ1n) is 6.51. The van der Waals surface area contributed by atoms with Crippen molar-refractivity contribution in [2.24, 2.45) is 0 Å². The molecule has 0 aromatic heterocycles. The molecule has 0 atom stereocenters. The van der Waals surface area contributed by atoms with Gasteiger partial charge in [-0.15, -0.1) is 0 Å². The van der Waals surface area contributed by atoms with Gasteiger partial charge in [-0.1, -0.05) is 12.8 Å². The number of nitrogen functional groups attached to an aromatic ring is 1. The number of imide groups is 1. The first-order valence-corrected chi connectivity index (χ1v) is 6.51. The van der Waals surface area contributed by atoms with Crippen LogP contribution >= 0.6 is 0 Å². The Morgan fingerprint density at radius 3 is 2.42 bits per heavy atom. The van der Waals surface area contributed by atoms with Crippen LogP contribution in [0.15, 0.2) is 18.2 Å². The van der Waals surface area contributed by atoms with Crippen LogP contribution in [0.25, 0.3) is 0 Å². The van der Waals surface area contributed by atoms with E-state index in [0.717, 1.165) is 25.7 Å². The molecular weight excluding hydrogens is 244 g/mol. The number of carbonyl (C=O) groups excluding carboxylic acids is 2. The van der Waals surface area contributed by atoms with Gasteiger partial charge in [0.1, 0.15) is 0 Å². The molecule has 0 saturated carbocycles. The van der Waals surface area contributed by atoms with Gasteiger partial charge in [-0.2, -0.15) is 0 Å². The maximum absolute atomic E-state index is 12.1. The molecule has 0 saturated heterocycles. The van der Waals surface area contributed by atoms with E-state index in [2.05, 4.69) is 0 Å². The number of hydrogen-bond acceptors (Lipinski definition) is 4. The Bertz CT molecular complexity index is 499. The molecule has 2 amide bonds. The lowest BCUT2D eigenvalue weighted by atomic mass is 10.1. The summed E-state index contributed by atoms with van der Waals surface area (Å²) < 4.78 is 0. The SMILES string of the molecule is Nc1ccc2c(c1)C(=O)N(CCCCCCO)C2=O. The molecule has 0 fully saturated rings. The van der Waals surface area contributed by atoms with Crippen LogP contribution in [0, 0.1) is 0 Å². The molecule has 0 spiro atoms. The van der Waals surface area contributed by atoms with Gasteiger partial charge in [0.15, 0.2) is 0 Å². The van der Waals surface area contributed by atoms with E-state index in [9.17, 15) is 9.59 Å². The average molecular weight is 262 g/mol. The third-order valence-corrected chi connectivity index (χ3v) is 3.28. The number of fused-ring (bicyclic) bond motifs is 1. The van der Waals surface area contributed by atoms with Gasteiger partial charge < -0.3 is 10.8 Å². The third-order valence-electron chi connectivity index (χ3n) is 3.28. The molecule has 1 aliphatic rings. The fourth-order valence-electron chi connectivity index (χ4n) is 2.25. The zero-order valence-electron chi connectivity index (χ0n) is 10.8. The van der Waals surface area contributed by atoms with E-state index in [1.54, 1.807) is 18.2 Å². The highest BCUT2D eigenvalue weighted by atomic mass is 16.3. The Hall–Kier alpha value is -1.88. The van der Waals surface area contributed by atoms with E-state index in [4.69, 9.17) is 10.8 Å². The van der Waals surface area contributed by atoms with E-state index in [-0.39, 0.29) is 18.4 Å². The van der Waals surface area contributed by atoms with Crippen molar-refractivity contribution in [2.75, 3.05) is 18.9 Å². The Balaban J connectivity index is 1.98. The maximum atomic E-state index is 12.1. The molecule has 1 aliphatic heterocycles. The summed E-state index contributed by atoms with van der Waals surface area (Å²) in [6, 6.07) is 4.80. The number of aliphatic hydroxyl groups is 1. The topological polar surface area (TPSA) is 83.6 Å². The summed E-state index contributed by atoms with van der Waals surface area (Å²) in [5, 5.41) is 8.68. The lowest BCUT2D eigenvalue weighted by Gasteiger charge is -2.13. The average Bonchev–Trinajstić information content (AvgIpc) is 2.63. The van der Waals surface area contributed by atoms with Gasteiger partial charge >= 0.3 is 0 Å². The second-order valence-electron chi connectivity index (χ2n) is 4.70. The number of unbranched alkanes of at least 4 members (excludes halogenated alkanes) is 3. The molecule has 3 N–H and O–H groups in total. The van der Waals surface area contributed by atoms with E-state index < -0.39 is 0 Å². The summed E-state index contributed by atoms with van der Waals surface area (Å²) in [6.07, 6.45) is 3.34. The largest absolute Gasteiger partial charge is 0.399 e. The molecule has 102 valence electrons. The normalized spacial score (nSPS) is 14.1. The predicted molar refractivity (Wildman–Crippen MR) is 71.8 cm³/mol. The highest BCUT2D eigenvalue weighted by Gasteiger charge is 2.34. The third kappa shape index (κ3) is 2.76. The Morgan fingerprint density at radius 2 is 1.68 bits per heavy atom. The highest BCUT2D eigenvalue weighted by molar-refractivity contribution is 6.21. The monoisotopic (exact) mass is 262 g/mol. The quantitative estimate of drug-likeness (QED) is 0.461. The predicted octanol–water partition coefficient (Wildman–Crippen LogP) is 1.42. The fraction of sp³-hybridized carbons (Fsp3) is 0.429. The number of nitrogens with two attached hydrogens (primary N) is 1. The van der Waals surface area contributed by atoms with Crippen molar-refractivity contribution in [3.63, 3.8) is 0 Å². The van der Waals surface area contributed by atoms with Crippen LogP contribution in [0.3, 0.4) is 0 Å². The second-order valence-corrected chi connectivity index (χ2v) is 4.70. The zero-order valence-corrected chi connectivity index (χ0v) is 10.8. The summed E-state index contributed by atoms with van der Waals surface area (Å²) in [7, 11) is 0. The van der Waals surface area contributed by atoms with E-state index >= 15 is 0 Å². The van der Waals surface area contributed by atoms with Crippen molar-refractivity contribution in [3.8, 4) is 0 Å². The summed E-state index contributed by atoms with van der Waals surface area (Å²) in [5.74, 6) is -0.489. The van der Waals surface area contributed by atoms with Crippen LogP contribution in [-0.4, -0.2) is 35.0 Å². The molecule has 1 aromatic rings. The molecule has 1 aromatic carbocycles. The number of benzene rings is 1. The Labute approximate surface area is 112 Å². The van der Waals surface area contributed by atoms with Gasteiger partial charge in [0.2, 0.25) is 0 Å². The van der Waals surface area contributed by atoms with Gasteiger partial charge in [-0.25, -0.2) is 0 Å². The van der Waals surface area contributed by atoms with Crippen molar-refractivity contribution in [2.45, 2.75) is 25.7 Å². The Kier molecular flexibility index (Phi) is 4.16.